The molecule has 0 aromatic heterocycles. The van der Waals surface area contributed by atoms with Crippen LogP contribution >= 0.6 is 0 Å². The average Bonchev–Trinajstić information content (AvgIpc) is 3.03. The summed E-state index contributed by atoms with van der Waals surface area (Å²) in [6.45, 7) is 4.80. The molecule has 150 valence electrons. The van der Waals surface area contributed by atoms with Gasteiger partial charge in [-0.3, -0.25) is 4.31 Å². The molecule has 4 rings (SSSR count). The minimum atomic E-state index is -3.25. The van der Waals surface area contributed by atoms with Gasteiger partial charge in [0.1, 0.15) is 0 Å². The number of ether oxygens (including phenoxy) is 1. The first kappa shape index (κ1) is 19.4. The maximum atomic E-state index is 12.3. The first-order valence-corrected chi connectivity index (χ1v) is 11.7. The predicted octanol–water partition coefficient (Wildman–Crippen LogP) is 3.02. The van der Waals surface area contributed by atoms with Crippen LogP contribution in [0.25, 0.3) is 0 Å². The van der Waals surface area contributed by atoms with Crippen LogP contribution in [0.2, 0.25) is 0 Å². The number of sulfonamides is 1. The normalized spacial score (nSPS) is 19.1. The van der Waals surface area contributed by atoms with Crippen molar-refractivity contribution in [2.24, 2.45) is 0 Å². The molecule has 2 heterocycles. The molecule has 5 nitrogen and oxygen atoms in total. The van der Waals surface area contributed by atoms with Crippen molar-refractivity contribution in [3.8, 4) is 0 Å². The van der Waals surface area contributed by atoms with Gasteiger partial charge in [-0.1, -0.05) is 48.5 Å². The molecule has 0 amide bonds. The number of para-hydroxylation sites is 1. The highest BCUT2D eigenvalue weighted by Gasteiger charge is 2.46. The van der Waals surface area contributed by atoms with Crippen molar-refractivity contribution in [2.45, 2.75) is 24.9 Å². The largest absolute Gasteiger partial charge is 0.375 e. The highest BCUT2D eigenvalue weighted by Crippen LogP contribution is 2.47. The number of anilines is 1. The number of rotatable bonds is 6. The molecular weight excluding hydrogens is 372 g/mol. The van der Waals surface area contributed by atoms with Gasteiger partial charge in [0.25, 0.3) is 0 Å². The summed E-state index contributed by atoms with van der Waals surface area (Å²) in [6.07, 6.45) is 3.27. The van der Waals surface area contributed by atoms with Gasteiger partial charge in [0.2, 0.25) is 10.0 Å². The second kappa shape index (κ2) is 7.85. The molecule has 2 aliphatic heterocycles. The number of nitrogens with zero attached hydrogens (tertiary/aromatic N) is 2. The maximum absolute atomic E-state index is 12.3. The Bertz CT molecular complexity index is 906. The Balaban J connectivity index is 1.34. The summed E-state index contributed by atoms with van der Waals surface area (Å²) in [4.78, 5) is 2.43. The number of likely N-dealkylation sites (tertiary alicyclic amines) is 1. The van der Waals surface area contributed by atoms with Gasteiger partial charge in [-0.25, -0.2) is 8.42 Å². The zero-order valence-electron chi connectivity index (χ0n) is 16.4. The predicted molar refractivity (Wildman–Crippen MR) is 112 cm³/mol. The van der Waals surface area contributed by atoms with Gasteiger partial charge in [0, 0.05) is 18.5 Å². The van der Waals surface area contributed by atoms with E-state index < -0.39 is 10.0 Å². The Kier molecular flexibility index (Phi) is 5.45. The van der Waals surface area contributed by atoms with Gasteiger partial charge in [0.05, 0.1) is 25.2 Å². The van der Waals surface area contributed by atoms with E-state index in [9.17, 15) is 8.42 Å². The Labute approximate surface area is 168 Å². The zero-order valence-corrected chi connectivity index (χ0v) is 17.2. The second-order valence-corrected chi connectivity index (χ2v) is 9.85. The highest BCUT2D eigenvalue weighted by atomic mass is 32.2. The van der Waals surface area contributed by atoms with Crippen molar-refractivity contribution in [3.05, 3.63) is 65.7 Å². The molecule has 6 heteroatoms. The fraction of sp³-hybridized carbons (Fsp3) is 0.455. The van der Waals surface area contributed by atoms with Crippen LogP contribution in [0.3, 0.4) is 0 Å². The SMILES string of the molecule is CS(=O)(=O)N1CC2(CCN(CCOCc3ccccc3)CC2)c2ccccc21. The lowest BCUT2D eigenvalue weighted by Gasteiger charge is -2.39. The van der Waals surface area contributed by atoms with Gasteiger partial charge >= 0.3 is 0 Å². The molecule has 1 fully saturated rings. The third-order valence-electron chi connectivity index (χ3n) is 6.07. The van der Waals surface area contributed by atoms with E-state index in [4.69, 9.17) is 4.74 Å². The minimum Gasteiger partial charge on any atom is -0.375 e. The summed E-state index contributed by atoms with van der Waals surface area (Å²) in [5, 5.41) is 0. The van der Waals surface area contributed by atoms with Gasteiger partial charge in [0.15, 0.2) is 0 Å². The van der Waals surface area contributed by atoms with E-state index in [0.29, 0.717) is 19.8 Å². The summed E-state index contributed by atoms with van der Waals surface area (Å²) >= 11 is 0. The van der Waals surface area contributed by atoms with Crippen LogP contribution in [-0.2, 0) is 26.8 Å². The average molecular weight is 401 g/mol. The Morgan fingerprint density at radius 2 is 1.68 bits per heavy atom. The lowest BCUT2D eigenvalue weighted by Crippen LogP contribution is -2.46. The van der Waals surface area contributed by atoms with E-state index in [2.05, 4.69) is 23.1 Å². The molecule has 0 N–H and O–H groups in total. The zero-order chi connectivity index (χ0) is 19.6. The molecule has 28 heavy (non-hydrogen) atoms. The van der Waals surface area contributed by atoms with Gasteiger partial charge < -0.3 is 9.64 Å². The molecule has 2 aromatic carbocycles. The first-order valence-electron chi connectivity index (χ1n) is 9.89. The monoisotopic (exact) mass is 400 g/mol. The van der Waals surface area contributed by atoms with E-state index in [1.807, 2.05) is 36.4 Å². The van der Waals surface area contributed by atoms with Crippen molar-refractivity contribution < 1.29 is 13.2 Å². The second-order valence-electron chi connectivity index (χ2n) is 7.95. The van der Waals surface area contributed by atoms with E-state index in [0.717, 1.165) is 38.2 Å². The van der Waals surface area contributed by atoms with Crippen LogP contribution in [0.1, 0.15) is 24.0 Å². The Morgan fingerprint density at radius 1 is 1.00 bits per heavy atom. The molecule has 2 aromatic rings. The van der Waals surface area contributed by atoms with E-state index >= 15 is 0 Å². The smallest absolute Gasteiger partial charge is 0.232 e. The molecule has 0 aliphatic carbocycles. The fourth-order valence-corrected chi connectivity index (χ4v) is 5.47. The summed E-state index contributed by atoms with van der Waals surface area (Å²) in [7, 11) is -3.25. The number of hydrogen-bond acceptors (Lipinski definition) is 4. The number of hydrogen-bond donors (Lipinski definition) is 0. The number of piperidine rings is 1. The lowest BCUT2D eigenvalue weighted by molar-refractivity contribution is 0.0761. The topological polar surface area (TPSA) is 49.9 Å². The minimum absolute atomic E-state index is 0.0545. The molecular formula is C22H28N2O3S. The Morgan fingerprint density at radius 3 is 2.39 bits per heavy atom. The van der Waals surface area contributed by atoms with E-state index in [-0.39, 0.29) is 5.41 Å². The van der Waals surface area contributed by atoms with Crippen molar-refractivity contribution in [3.63, 3.8) is 0 Å². The summed E-state index contributed by atoms with van der Waals surface area (Å²) < 4.78 is 32.0. The molecule has 0 bridgehead atoms. The number of fused-ring (bicyclic) bond motifs is 2. The van der Waals surface area contributed by atoms with E-state index in [1.54, 1.807) is 4.31 Å². The third kappa shape index (κ3) is 3.95. The highest BCUT2D eigenvalue weighted by molar-refractivity contribution is 7.92. The van der Waals surface area contributed by atoms with Crippen molar-refractivity contribution in [1.29, 1.82) is 0 Å². The summed E-state index contributed by atoms with van der Waals surface area (Å²) in [5.74, 6) is 0. The maximum Gasteiger partial charge on any atom is 0.232 e. The van der Waals surface area contributed by atoms with Crippen LogP contribution in [0.4, 0.5) is 5.69 Å². The van der Waals surface area contributed by atoms with Crippen molar-refractivity contribution in [1.82, 2.24) is 4.90 Å². The standard InChI is InChI=1S/C22H28N2O3S/c1-28(25,26)24-18-22(20-9-5-6-10-21(20)24)11-13-23(14-12-22)15-16-27-17-19-7-3-2-4-8-19/h2-10H,11-18H2,1H3. The summed E-state index contributed by atoms with van der Waals surface area (Å²) in [5.41, 5.74) is 3.20. The molecule has 2 aliphatic rings. The third-order valence-corrected chi connectivity index (χ3v) is 7.19. The molecule has 0 unspecified atom stereocenters. The molecule has 0 atom stereocenters. The summed E-state index contributed by atoms with van der Waals surface area (Å²) in [6, 6.07) is 18.2. The first-order chi connectivity index (χ1) is 13.5. The number of benzene rings is 2. The Hall–Kier alpha value is -1.89. The van der Waals surface area contributed by atoms with E-state index in [1.165, 1.54) is 17.4 Å². The van der Waals surface area contributed by atoms with Gasteiger partial charge in [-0.2, -0.15) is 0 Å². The van der Waals surface area contributed by atoms with Gasteiger partial charge in [-0.05, 0) is 43.1 Å². The van der Waals surface area contributed by atoms with Crippen LogP contribution in [0.15, 0.2) is 54.6 Å². The van der Waals surface area contributed by atoms with Crippen molar-refractivity contribution >= 4 is 15.7 Å². The molecule has 0 radical (unpaired) electrons. The van der Waals surface area contributed by atoms with Crippen LogP contribution in [0, 0.1) is 0 Å². The van der Waals surface area contributed by atoms with Crippen LogP contribution in [-0.4, -0.2) is 52.4 Å². The molecule has 1 spiro atoms. The van der Waals surface area contributed by atoms with Crippen molar-refractivity contribution in [2.75, 3.05) is 43.3 Å². The van der Waals surface area contributed by atoms with Crippen LogP contribution < -0.4 is 4.31 Å². The fourth-order valence-electron chi connectivity index (χ4n) is 4.47. The molecule has 1 saturated heterocycles. The van der Waals surface area contributed by atoms with Gasteiger partial charge in [-0.15, -0.1) is 0 Å². The lowest BCUT2D eigenvalue weighted by atomic mass is 9.74. The molecule has 0 saturated carbocycles. The quantitative estimate of drug-likeness (QED) is 0.700. The van der Waals surface area contributed by atoms with Crippen LogP contribution in [0.5, 0.6) is 0 Å².